The Hall–Kier alpha value is -2.45. The van der Waals surface area contributed by atoms with E-state index < -0.39 is 0 Å². The molecule has 7 nitrogen and oxygen atoms in total. The van der Waals surface area contributed by atoms with E-state index in [0.29, 0.717) is 0 Å². The van der Waals surface area contributed by atoms with E-state index in [0.717, 1.165) is 76.8 Å². The van der Waals surface area contributed by atoms with Crippen LogP contribution in [0.4, 0.5) is 4.79 Å². The minimum absolute atomic E-state index is 0.0888. The van der Waals surface area contributed by atoms with Crippen LogP contribution in [0.5, 0.6) is 0 Å². The van der Waals surface area contributed by atoms with E-state index >= 15 is 0 Å². The zero-order valence-electron chi connectivity index (χ0n) is 18.6. The average Bonchev–Trinajstić information content (AvgIpc) is 2.86. The lowest BCUT2D eigenvalue weighted by atomic mass is 10.1. The molecule has 2 N–H and O–H groups in total. The van der Waals surface area contributed by atoms with Crippen LogP contribution in [0.25, 0.3) is 0 Å². The van der Waals surface area contributed by atoms with Crippen LogP contribution in [0.2, 0.25) is 0 Å². The highest BCUT2D eigenvalue weighted by Crippen LogP contribution is 2.18. The van der Waals surface area contributed by atoms with Crippen LogP contribution in [0.1, 0.15) is 23.2 Å². The summed E-state index contributed by atoms with van der Waals surface area (Å²) >= 11 is 0. The minimum atomic E-state index is -0.144. The van der Waals surface area contributed by atoms with Gasteiger partial charge >= 0.3 is 6.03 Å². The minimum Gasteiger partial charge on any atom is -0.379 e. The van der Waals surface area contributed by atoms with Gasteiger partial charge in [0, 0.05) is 39.3 Å². The van der Waals surface area contributed by atoms with Crippen molar-refractivity contribution in [2.24, 2.45) is 0 Å². The van der Waals surface area contributed by atoms with Gasteiger partial charge in [-0.25, -0.2) is 4.79 Å². The fourth-order valence-corrected chi connectivity index (χ4v) is 4.28. The van der Waals surface area contributed by atoms with Crippen molar-refractivity contribution in [1.29, 1.82) is 0 Å². The number of morpholine rings is 2. The van der Waals surface area contributed by atoms with Crippen LogP contribution >= 0.6 is 0 Å². The molecule has 2 amide bonds. The number of benzene rings is 2. The molecular weight excluding hydrogens is 404 g/mol. The summed E-state index contributed by atoms with van der Waals surface area (Å²) in [7, 11) is 0. The molecule has 2 aliphatic rings. The van der Waals surface area contributed by atoms with Crippen molar-refractivity contribution in [3.63, 3.8) is 0 Å². The van der Waals surface area contributed by atoms with E-state index in [1.165, 1.54) is 0 Å². The van der Waals surface area contributed by atoms with Crippen LogP contribution in [-0.4, -0.2) is 81.5 Å². The number of ether oxygens (including phenoxy) is 2. The number of nitrogens with zero attached hydrogens (tertiary/aromatic N) is 2. The van der Waals surface area contributed by atoms with Crippen molar-refractivity contribution in [1.82, 2.24) is 20.4 Å². The molecule has 2 heterocycles. The number of carbonyl (C=O) groups is 1. The molecule has 0 aromatic heterocycles. The highest BCUT2D eigenvalue weighted by molar-refractivity contribution is 5.75. The average molecular weight is 439 g/mol. The van der Waals surface area contributed by atoms with Crippen LogP contribution in [0, 0.1) is 0 Å². The lowest BCUT2D eigenvalue weighted by Crippen LogP contribution is -2.48. The lowest BCUT2D eigenvalue weighted by Gasteiger charge is -2.33. The second-order valence-electron chi connectivity index (χ2n) is 8.37. The molecule has 0 bridgehead atoms. The molecule has 7 heteroatoms. The third kappa shape index (κ3) is 6.77. The molecule has 2 atom stereocenters. The SMILES string of the molecule is O=C(NC(CN1CCOCC1)c1ccccc1)NC(CN1CCOCC1)c1ccccc1. The number of carbonyl (C=O) groups excluding carboxylic acids is 1. The first-order valence-electron chi connectivity index (χ1n) is 11.5. The molecule has 2 unspecified atom stereocenters. The van der Waals surface area contributed by atoms with Gasteiger partial charge in [-0.1, -0.05) is 60.7 Å². The van der Waals surface area contributed by atoms with E-state index in [2.05, 4.69) is 44.7 Å². The Balaban J connectivity index is 1.43. The molecule has 2 aromatic carbocycles. The maximum atomic E-state index is 13.2. The van der Waals surface area contributed by atoms with Crippen molar-refractivity contribution < 1.29 is 14.3 Å². The molecule has 0 spiro atoms. The van der Waals surface area contributed by atoms with Gasteiger partial charge in [-0.3, -0.25) is 9.80 Å². The predicted octanol–water partition coefficient (Wildman–Crippen LogP) is 2.43. The molecular formula is C25H34N4O3. The molecule has 2 aliphatic heterocycles. The summed E-state index contributed by atoms with van der Waals surface area (Å²) in [5.41, 5.74) is 2.22. The van der Waals surface area contributed by atoms with Crippen LogP contribution < -0.4 is 10.6 Å². The summed E-state index contributed by atoms with van der Waals surface area (Å²) in [6.07, 6.45) is 0. The number of rotatable bonds is 8. The molecule has 0 saturated carbocycles. The molecule has 4 rings (SSSR count). The van der Waals surface area contributed by atoms with Crippen LogP contribution in [-0.2, 0) is 9.47 Å². The van der Waals surface area contributed by atoms with Crippen molar-refractivity contribution >= 4 is 6.03 Å². The van der Waals surface area contributed by atoms with E-state index in [4.69, 9.17) is 9.47 Å². The predicted molar refractivity (Wildman–Crippen MR) is 125 cm³/mol. The van der Waals surface area contributed by atoms with Crippen LogP contribution in [0.15, 0.2) is 60.7 Å². The largest absolute Gasteiger partial charge is 0.379 e. The van der Waals surface area contributed by atoms with Crippen molar-refractivity contribution in [2.45, 2.75) is 12.1 Å². The quantitative estimate of drug-likeness (QED) is 0.663. The molecule has 2 saturated heterocycles. The summed E-state index contributed by atoms with van der Waals surface area (Å²) in [6.45, 7) is 8.03. The van der Waals surface area contributed by atoms with Gasteiger partial charge in [0.05, 0.1) is 38.5 Å². The second-order valence-corrected chi connectivity index (χ2v) is 8.37. The summed E-state index contributed by atoms with van der Waals surface area (Å²) in [5.74, 6) is 0. The second kappa shape index (κ2) is 12.0. The van der Waals surface area contributed by atoms with E-state index in [1.54, 1.807) is 0 Å². The highest BCUT2D eigenvalue weighted by atomic mass is 16.5. The molecule has 2 fully saturated rings. The lowest BCUT2D eigenvalue weighted by molar-refractivity contribution is 0.0329. The normalized spacial score (nSPS) is 19.8. The third-order valence-electron chi connectivity index (χ3n) is 6.10. The summed E-state index contributed by atoms with van der Waals surface area (Å²) in [4.78, 5) is 17.9. The highest BCUT2D eigenvalue weighted by Gasteiger charge is 2.23. The van der Waals surface area contributed by atoms with Gasteiger partial charge in [0.2, 0.25) is 0 Å². The first-order valence-corrected chi connectivity index (χ1v) is 11.5. The number of amides is 2. The Morgan fingerprint density at radius 1 is 0.688 bits per heavy atom. The Kier molecular flexibility index (Phi) is 8.50. The van der Waals surface area contributed by atoms with Crippen LogP contribution in [0.3, 0.4) is 0 Å². The molecule has 172 valence electrons. The number of hydrogen-bond donors (Lipinski definition) is 2. The maximum absolute atomic E-state index is 13.2. The Morgan fingerprint density at radius 3 is 1.44 bits per heavy atom. The molecule has 2 aromatic rings. The van der Waals surface area contributed by atoms with Gasteiger partial charge < -0.3 is 20.1 Å². The topological polar surface area (TPSA) is 66.1 Å². The summed E-state index contributed by atoms with van der Waals surface area (Å²) < 4.78 is 11.0. The number of hydrogen-bond acceptors (Lipinski definition) is 5. The number of nitrogens with one attached hydrogen (secondary N) is 2. The van der Waals surface area contributed by atoms with Gasteiger partial charge in [-0.2, -0.15) is 0 Å². The zero-order chi connectivity index (χ0) is 22.0. The van der Waals surface area contributed by atoms with Crippen molar-refractivity contribution in [3.05, 3.63) is 71.8 Å². The van der Waals surface area contributed by atoms with Gasteiger partial charge in [-0.05, 0) is 11.1 Å². The van der Waals surface area contributed by atoms with E-state index in [1.807, 2.05) is 36.4 Å². The van der Waals surface area contributed by atoms with Gasteiger partial charge in [-0.15, -0.1) is 0 Å². The van der Waals surface area contributed by atoms with Gasteiger partial charge in [0.1, 0.15) is 0 Å². The van der Waals surface area contributed by atoms with Crippen molar-refractivity contribution in [3.8, 4) is 0 Å². The third-order valence-corrected chi connectivity index (χ3v) is 6.10. The smallest absolute Gasteiger partial charge is 0.315 e. The van der Waals surface area contributed by atoms with E-state index in [-0.39, 0.29) is 18.1 Å². The van der Waals surface area contributed by atoms with E-state index in [9.17, 15) is 4.79 Å². The Bertz CT molecular complexity index is 741. The first kappa shape index (κ1) is 22.7. The zero-order valence-corrected chi connectivity index (χ0v) is 18.6. The Labute approximate surface area is 190 Å². The molecule has 0 aliphatic carbocycles. The fourth-order valence-electron chi connectivity index (χ4n) is 4.28. The number of urea groups is 1. The monoisotopic (exact) mass is 438 g/mol. The standard InChI is InChI=1S/C25H34N4O3/c30-25(26-23(21-7-3-1-4-8-21)19-28-11-15-31-16-12-28)27-24(22-9-5-2-6-10-22)20-29-13-17-32-18-14-29/h1-10,23-24H,11-20H2,(H2,26,27,30). The van der Waals surface area contributed by atoms with Gasteiger partial charge in [0.25, 0.3) is 0 Å². The fraction of sp³-hybridized carbons (Fsp3) is 0.480. The Morgan fingerprint density at radius 2 is 1.06 bits per heavy atom. The first-order chi connectivity index (χ1) is 15.8. The summed E-state index contributed by atoms with van der Waals surface area (Å²) in [6, 6.07) is 20.1. The maximum Gasteiger partial charge on any atom is 0.315 e. The molecule has 0 radical (unpaired) electrons. The summed E-state index contributed by atoms with van der Waals surface area (Å²) in [5, 5.41) is 6.48. The van der Waals surface area contributed by atoms with Gasteiger partial charge in [0.15, 0.2) is 0 Å². The molecule has 32 heavy (non-hydrogen) atoms. The van der Waals surface area contributed by atoms with Crippen molar-refractivity contribution in [2.75, 3.05) is 65.7 Å².